The van der Waals surface area contributed by atoms with E-state index in [9.17, 15) is 83.1 Å². The molecule has 0 rings (SSSR count). The molecule has 0 aromatic rings. The molecule has 0 unspecified atom stereocenters. The lowest BCUT2D eigenvalue weighted by Crippen LogP contribution is -2.77. The van der Waals surface area contributed by atoms with E-state index in [1.807, 2.05) is 0 Å². The zero-order valence-corrected chi connectivity index (χ0v) is 18.6. The van der Waals surface area contributed by atoms with Crippen LogP contribution < -0.4 is 5.14 Å². The zero-order valence-electron chi connectivity index (χ0n) is 17.8. The minimum atomic E-state index is -8.95. The van der Waals surface area contributed by atoms with Crippen molar-refractivity contribution in [1.29, 1.82) is 0 Å². The van der Waals surface area contributed by atoms with E-state index in [0.717, 1.165) is 0 Å². The van der Waals surface area contributed by atoms with E-state index in [1.54, 1.807) is 0 Å². The maximum atomic E-state index is 13.2. The van der Waals surface area contributed by atoms with Gasteiger partial charge in [0.15, 0.2) is 0 Å². The van der Waals surface area contributed by atoms with Crippen LogP contribution in [-0.4, -0.2) is 79.9 Å². The molecule has 0 saturated carbocycles. The Labute approximate surface area is 191 Å². The van der Waals surface area contributed by atoms with Crippen molar-refractivity contribution >= 4 is 10.0 Å². The van der Waals surface area contributed by atoms with Crippen LogP contribution in [-0.2, 0) is 10.0 Å². The molecule has 0 heterocycles. The number of hydrogen-bond acceptors (Lipinski definition) is 3. The van der Waals surface area contributed by atoms with Gasteiger partial charge >= 0.3 is 47.0 Å². The Morgan fingerprint density at radius 3 is 0.944 bits per heavy atom. The van der Waals surface area contributed by atoms with Gasteiger partial charge in [-0.2, -0.15) is 70.2 Å². The molecule has 2 N–H and O–H groups in total. The van der Waals surface area contributed by atoms with E-state index in [0.29, 0.717) is 0 Å². The van der Waals surface area contributed by atoms with Gasteiger partial charge in [-0.3, -0.25) is 0 Å². The molecule has 0 aliphatic carbocycles. The fraction of sp³-hybridized carbons (Fsp3) is 1.00. The topological polar surface area (TPSA) is 63.4 Å². The number of sulfonamides is 1. The third kappa shape index (κ3) is 5.58. The molecule has 36 heavy (non-hydrogen) atoms. The minimum absolute atomic E-state index is 1.19. The van der Waals surface area contributed by atoms with Crippen molar-refractivity contribution in [3.05, 3.63) is 0 Å². The fourth-order valence-corrected chi connectivity index (χ4v) is 2.65. The molecule has 0 aromatic heterocycles. The first-order valence-electron chi connectivity index (χ1n) is 8.81. The molecule has 22 heteroatoms. The molecule has 0 aliphatic rings. The summed E-state index contributed by atoms with van der Waals surface area (Å²) in [4.78, 5) is 2.38. The van der Waals surface area contributed by atoms with Crippen molar-refractivity contribution in [2.75, 3.05) is 19.6 Å². The van der Waals surface area contributed by atoms with Crippen molar-refractivity contribution < 1.29 is 83.1 Å². The summed E-state index contributed by atoms with van der Waals surface area (Å²) in [7, 11) is -7.42. The van der Waals surface area contributed by atoms with Crippen LogP contribution in [0.5, 0.6) is 0 Å². The third-order valence-corrected chi connectivity index (χ3v) is 5.43. The maximum absolute atomic E-state index is 13.2. The van der Waals surface area contributed by atoms with Crippen LogP contribution in [0.4, 0.5) is 74.6 Å². The summed E-state index contributed by atoms with van der Waals surface area (Å²) in [5, 5.41) is -4.34. The first kappa shape index (κ1) is 36.8. The molecule has 0 aromatic carbocycles. The molecular formula is C14H17F17N2O2S. The second-order valence-electron chi connectivity index (χ2n) is 6.63. The van der Waals surface area contributed by atoms with Crippen molar-refractivity contribution in [3.8, 4) is 0 Å². The zero-order chi connectivity index (χ0) is 30.2. The van der Waals surface area contributed by atoms with Crippen LogP contribution >= 0.6 is 0 Å². The van der Waals surface area contributed by atoms with E-state index < -0.39 is 57.0 Å². The largest absolute Gasteiger partial charge is 0.438 e. The van der Waals surface area contributed by atoms with Crippen LogP contribution in [0.1, 0.15) is 20.8 Å². The van der Waals surface area contributed by atoms with Gasteiger partial charge in [-0.15, -0.1) is 0 Å². The van der Waals surface area contributed by atoms with Gasteiger partial charge in [0, 0.05) is 0 Å². The van der Waals surface area contributed by atoms with Gasteiger partial charge in [-0.25, -0.2) is 17.9 Å². The highest BCUT2D eigenvalue weighted by Gasteiger charge is 2.97. The maximum Gasteiger partial charge on any atom is 0.438 e. The molecule has 0 bridgehead atoms. The summed E-state index contributed by atoms with van der Waals surface area (Å²) in [5.74, 6) is -35.0. The van der Waals surface area contributed by atoms with Crippen molar-refractivity contribution in [2.24, 2.45) is 5.14 Å². The summed E-state index contributed by atoms with van der Waals surface area (Å²) in [6.45, 7) is 10.1. The van der Waals surface area contributed by atoms with Gasteiger partial charge in [0.1, 0.15) is 0 Å². The molecule has 0 atom stereocenters. The highest BCUT2D eigenvalue weighted by atomic mass is 32.2. The van der Waals surface area contributed by atoms with Gasteiger partial charge in [0.2, 0.25) is 0 Å². The summed E-state index contributed by atoms with van der Waals surface area (Å²) in [6, 6.07) is 0. The smallest absolute Gasteiger partial charge is 0.304 e. The van der Waals surface area contributed by atoms with Crippen LogP contribution in [0.2, 0.25) is 0 Å². The van der Waals surface area contributed by atoms with Crippen molar-refractivity contribution in [3.63, 3.8) is 0 Å². The Hall–Kier alpha value is -1.32. The van der Waals surface area contributed by atoms with Gasteiger partial charge in [-0.05, 0) is 19.6 Å². The quantitative estimate of drug-likeness (QED) is 0.352. The summed E-state index contributed by atoms with van der Waals surface area (Å²) in [5.41, 5.74) is -8.69. The number of alkyl halides is 17. The van der Waals surface area contributed by atoms with Crippen LogP contribution in [0, 0.1) is 0 Å². The Morgan fingerprint density at radius 1 is 0.528 bits per heavy atom. The number of halogens is 17. The first-order chi connectivity index (χ1) is 15.3. The Bertz CT molecular complexity index is 812. The molecule has 0 fully saturated rings. The van der Waals surface area contributed by atoms with Crippen LogP contribution in [0.15, 0.2) is 0 Å². The van der Waals surface area contributed by atoms with Gasteiger partial charge < -0.3 is 4.90 Å². The summed E-state index contributed by atoms with van der Waals surface area (Å²) in [6.07, 6.45) is -16.5. The fourth-order valence-electron chi connectivity index (χ4n) is 2.16. The lowest BCUT2D eigenvalue weighted by molar-refractivity contribution is -0.462. The van der Waals surface area contributed by atoms with E-state index in [-0.39, 0.29) is 0 Å². The predicted octanol–water partition coefficient (Wildman–Crippen LogP) is 5.59. The van der Waals surface area contributed by atoms with Crippen LogP contribution in [0.3, 0.4) is 0 Å². The monoisotopic (exact) mass is 600 g/mol. The highest BCUT2D eigenvalue weighted by molar-refractivity contribution is 7.90. The molecule has 220 valence electrons. The standard InChI is InChI=1S/C8H2F17NO2S.C6H15N/c9-1(6(18,19)20,7(21,22)23)2(10,11)3(12,13)4(14,15)5(16,17)8(24,25)29(26,27)28;1-4-7(5-2)6-3/h(H2,26,27,28);4-6H2,1-3H3. The normalized spacial score (nSPS) is 15.6. The lowest BCUT2D eigenvalue weighted by Gasteiger charge is -2.43. The molecule has 0 radical (unpaired) electrons. The van der Waals surface area contributed by atoms with Gasteiger partial charge in [-0.1, -0.05) is 20.8 Å². The predicted molar refractivity (Wildman–Crippen MR) is 87.3 cm³/mol. The summed E-state index contributed by atoms with van der Waals surface area (Å²) >= 11 is 0. The Kier molecular flexibility index (Phi) is 10.7. The molecule has 0 spiro atoms. The molecule has 0 aliphatic heterocycles. The minimum Gasteiger partial charge on any atom is -0.304 e. The number of nitrogens with two attached hydrogens (primary N) is 1. The molecule has 0 saturated heterocycles. The van der Waals surface area contributed by atoms with Crippen molar-refractivity contribution in [1.82, 2.24) is 4.90 Å². The van der Waals surface area contributed by atoms with E-state index in [2.05, 4.69) is 30.8 Å². The Morgan fingerprint density at radius 2 is 0.778 bits per heavy atom. The Balaban J connectivity index is 0. The van der Waals surface area contributed by atoms with Crippen LogP contribution in [0.25, 0.3) is 0 Å². The molecular weight excluding hydrogens is 583 g/mol. The number of rotatable bonds is 9. The van der Waals surface area contributed by atoms with Gasteiger partial charge in [0.05, 0.1) is 0 Å². The lowest BCUT2D eigenvalue weighted by atomic mass is 9.86. The van der Waals surface area contributed by atoms with E-state index >= 15 is 0 Å². The summed E-state index contributed by atoms with van der Waals surface area (Å²) < 4.78 is 237. The number of primary sulfonamides is 1. The average molecular weight is 600 g/mol. The number of hydrogen-bond donors (Lipinski definition) is 1. The third-order valence-electron chi connectivity index (χ3n) is 4.46. The van der Waals surface area contributed by atoms with E-state index in [1.165, 1.54) is 19.6 Å². The van der Waals surface area contributed by atoms with Crippen molar-refractivity contribution in [2.45, 2.75) is 67.7 Å². The highest BCUT2D eigenvalue weighted by Crippen LogP contribution is 2.65. The molecule has 4 nitrogen and oxygen atoms in total. The average Bonchev–Trinajstić information content (AvgIpc) is 2.65. The molecule has 0 amide bonds. The number of nitrogens with zero attached hydrogens (tertiary/aromatic N) is 1. The van der Waals surface area contributed by atoms with Gasteiger partial charge in [0.25, 0.3) is 10.0 Å². The second-order valence-corrected chi connectivity index (χ2v) is 8.24. The van der Waals surface area contributed by atoms with E-state index in [4.69, 9.17) is 0 Å². The first-order valence-corrected chi connectivity index (χ1v) is 10.4. The SMILES string of the molecule is CCN(CC)CC.NS(=O)(=O)C(F)(F)C(F)(F)C(F)(F)C(F)(F)C(F)(F)C(F)(C(F)(F)F)C(F)(F)F. The second kappa shape index (κ2) is 10.4.